The van der Waals surface area contributed by atoms with Crippen molar-refractivity contribution in [2.24, 2.45) is 0 Å². The molecular weight excluding hydrogens is 320 g/mol. The highest BCUT2D eigenvalue weighted by molar-refractivity contribution is 7.16. The monoisotopic (exact) mass is 340 g/mol. The maximum atomic E-state index is 5.77. The lowest BCUT2D eigenvalue weighted by molar-refractivity contribution is 0.340. The van der Waals surface area contributed by atoms with Crippen molar-refractivity contribution in [3.8, 4) is 5.75 Å². The second-order valence-corrected chi connectivity index (χ2v) is 6.61. The van der Waals surface area contributed by atoms with Crippen LogP contribution in [0, 0.1) is 0 Å². The smallest absolute Gasteiger partial charge is 0.142 e. The van der Waals surface area contributed by atoms with Gasteiger partial charge in [0.15, 0.2) is 0 Å². The lowest BCUT2D eigenvalue weighted by atomic mass is 10.2. The Morgan fingerprint density at radius 3 is 2.67 bits per heavy atom. The van der Waals surface area contributed by atoms with E-state index in [0.29, 0.717) is 6.61 Å². The largest absolute Gasteiger partial charge is 0.492 e. The van der Waals surface area contributed by atoms with E-state index in [0.717, 1.165) is 48.0 Å². The van der Waals surface area contributed by atoms with E-state index in [1.807, 2.05) is 19.1 Å². The van der Waals surface area contributed by atoms with Gasteiger partial charge in [0.2, 0.25) is 0 Å². The van der Waals surface area contributed by atoms with E-state index in [1.54, 1.807) is 17.7 Å². The molecule has 5 nitrogen and oxygen atoms in total. The molecule has 1 fully saturated rings. The molecule has 0 spiro atoms. The SMILES string of the molecule is CCOc1ccccc1N1CCN(c2ncnc3sccc23)CC1. The molecular formula is C18H20N4OS. The lowest BCUT2D eigenvalue weighted by Gasteiger charge is -2.37. The van der Waals surface area contributed by atoms with Gasteiger partial charge in [-0.15, -0.1) is 11.3 Å². The zero-order chi connectivity index (χ0) is 16.4. The van der Waals surface area contributed by atoms with Gasteiger partial charge in [-0.05, 0) is 30.5 Å². The molecule has 6 heteroatoms. The van der Waals surface area contributed by atoms with Crippen LogP contribution in [0.4, 0.5) is 11.5 Å². The molecule has 0 saturated carbocycles. The van der Waals surface area contributed by atoms with Crippen molar-refractivity contribution < 1.29 is 4.74 Å². The number of thiophene rings is 1. The fraction of sp³-hybridized carbons (Fsp3) is 0.333. The first-order valence-electron chi connectivity index (χ1n) is 8.26. The molecule has 0 radical (unpaired) electrons. The van der Waals surface area contributed by atoms with Crippen molar-refractivity contribution in [1.29, 1.82) is 0 Å². The van der Waals surface area contributed by atoms with Crippen molar-refractivity contribution in [2.45, 2.75) is 6.92 Å². The first-order valence-corrected chi connectivity index (χ1v) is 9.14. The van der Waals surface area contributed by atoms with Gasteiger partial charge in [-0.25, -0.2) is 9.97 Å². The summed E-state index contributed by atoms with van der Waals surface area (Å²) in [5.74, 6) is 2.02. The molecule has 3 aromatic rings. The molecule has 124 valence electrons. The third-order valence-electron chi connectivity index (χ3n) is 4.33. The van der Waals surface area contributed by atoms with E-state index in [4.69, 9.17) is 4.74 Å². The molecule has 3 heterocycles. The van der Waals surface area contributed by atoms with Gasteiger partial charge in [0, 0.05) is 26.2 Å². The Kier molecular flexibility index (Phi) is 4.21. The average molecular weight is 340 g/mol. The highest BCUT2D eigenvalue weighted by atomic mass is 32.1. The number of ether oxygens (including phenoxy) is 1. The van der Waals surface area contributed by atoms with Crippen LogP contribution in [-0.2, 0) is 0 Å². The zero-order valence-corrected chi connectivity index (χ0v) is 14.5. The van der Waals surface area contributed by atoms with E-state index in [9.17, 15) is 0 Å². The van der Waals surface area contributed by atoms with E-state index >= 15 is 0 Å². The summed E-state index contributed by atoms with van der Waals surface area (Å²) in [5.41, 5.74) is 1.18. The Morgan fingerprint density at radius 2 is 1.83 bits per heavy atom. The molecule has 1 saturated heterocycles. The highest BCUT2D eigenvalue weighted by Crippen LogP contribution is 2.31. The second-order valence-electron chi connectivity index (χ2n) is 5.71. The molecule has 0 aliphatic carbocycles. The van der Waals surface area contributed by atoms with Crippen molar-refractivity contribution in [3.05, 3.63) is 42.0 Å². The Balaban J connectivity index is 1.52. The minimum absolute atomic E-state index is 0.689. The number of para-hydroxylation sites is 2. The Labute approximate surface area is 145 Å². The molecule has 24 heavy (non-hydrogen) atoms. The quantitative estimate of drug-likeness (QED) is 0.728. The van der Waals surface area contributed by atoms with Crippen LogP contribution < -0.4 is 14.5 Å². The standard InChI is InChI=1S/C18H20N4OS/c1-2-23-16-6-4-3-5-15(16)21-8-10-22(11-9-21)17-14-7-12-24-18(14)20-13-19-17/h3-7,12-13H,2,8-11H2,1H3. The average Bonchev–Trinajstić information content (AvgIpc) is 3.11. The number of aromatic nitrogens is 2. The van der Waals surface area contributed by atoms with Gasteiger partial charge in [-0.1, -0.05) is 12.1 Å². The number of fused-ring (bicyclic) bond motifs is 1. The zero-order valence-electron chi connectivity index (χ0n) is 13.7. The van der Waals surface area contributed by atoms with Crippen LogP contribution in [0.15, 0.2) is 42.0 Å². The van der Waals surface area contributed by atoms with E-state index in [1.165, 1.54) is 5.69 Å². The molecule has 0 atom stereocenters. The number of nitrogens with zero attached hydrogens (tertiary/aromatic N) is 4. The van der Waals surface area contributed by atoms with Crippen molar-refractivity contribution >= 4 is 33.1 Å². The van der Waals surface area contributed by atoms with E-state index in [2.05, 4.69) is 43.3 Å². The van der Waals surface area contributed by atoms with Crippen LogP contribution in [0.5, 0.6) is 5.75 Å². The number of rotatable bonds is 4. The molecule has 0 bridgehead atoms. The third-order valence-corrected chi connectivity index (χ3v) is 5.15. The van der Waals surface area contributed by atoms with Crippen molar-refractivity contribution in [1.82, 2.24) is 9.97 Å². The van der Waals surface area contributed by atoms with Crippen molar-refractivity contribution in [2.75, 3.05) is 42.6 Å². The Hall–Kier alpha value is -2.34. The summed E-state index contributed by atoms with van der Waals surface area (Å²) in [6, 6.07) is 10.4. The number of anilines is 2. The van der Waals surface area contributed by atoms with Crippen molar-refractivity contribution in [3.63, 3.8) is 0 Å². The van der Waals surface area contributed by atoms with E-state index in [-0.39, 0.29) is 0 Å². The first-order chi connectivity index (χ1) is 11.9. The first kappa shape index (κ1) is 15.2. The summed E-state index contributed by atoms with van der Waals surface area (Å²) in [6.07, 6.45) is 1.67. The summed E-state index contributed by atoms with van der Waals surface area (Å²) in [4.78, 5) is 14.7. The van der Waals surface area contributed by atoms with Crippen LogP contribution in [0.1, 0.15) is 6.92 Å². The highest BCUT2D eigenvalue weighted by Gasteiger charge is 2.22. The maximum Gasteiger partial charge on any atom is 0.142 e. The van der Waals surface area contributed by atoms with Crippen LogP contribution in [0.2, 0.25) is 0 Å². The molecule has 1 aromatic carbocycles. The minimum Gasteiger partial charge on any atom is -0.492 e. The minimum atomic E-state index is 0.689. The normalized spacial score (nSPS) is 15.0. The van der Waals surface area contributed by atoms with Gasteiger partial charge in [-0.2, -0.15) is 0 Å². The maximum absolute atomic E-state index is 5.77. The van der Waals surface area contributed by atoms with Gasteiger partial charge < -0.3 is 14.5 Å². The molecule has 0 unspecified atom stereocenters. The Morgan fingerprint density at radius 1 is 1.04 bits per heavy atom. The summed E-state index contributed by atoms with van der Waals surface area (Å²) in [7, 11) is 0. The molecule has 0 N–H and O–H groups in total. The molecule has 2 aromatic heterocycles. The predicted molar refractivity (Wildman–Crippen MR) is 99.5 cm³/mol. The molecule has 1 aliphatic heterocycles. The number of hydrogen-bond donors (Lipinski definition) is 0. The van der Waals surface area contributed by atoms with Gasteiger partial charge >= 0.3 is 0 Å². The number of piperazine rings is 1. The summed E-state index contributed by atoms with van der Waals surface area (Å²) in [6.45, 7) is 6.52. The summed E-state index contributed by atoms with van der Waals surface area (Å²) < 4.78 is 5.77. The summed E-state index contributed by atoms with van der Waals surface area (Å²) in [5, 5.41) is 3.24. The molecule has 4 rings (SSSR count). The van der Waals surface area contributed by atoms with Crippen LogP contribution >= 0.6 is 11.3 Å². The molecule has 1 aliphatic rings. The Bertz CT molecular complexity index is 827. The second kappa shape index (κ2) is 6.65. The van der Waals surface area contributed by atoms with Gasteiger partial charge in [0.1, 0.15) is 22.7 Å². The lowest BCUT2D eigenvalue weighted by Crippen LogP contribution is -2.47. The predicted octanol–water partition coefficient (Wildman–Crippen LogP) is 3.42. The van der Waals surface area contributed by atoms with Crippen LogP contribution in [-0.4, -0.2) is 42.8 Å². The fourth-order valence-electron chi connectivity index (χ4n) is 3.18. The van der Waals surface area contributed by atoms with Gasteiger partial charge in [-0.3, -0.25) is 0 Å². The van der Waals surface area contributed by atoms with Crippen LogP contribution in [0.3, 0.4) is 0 Å². The number of hydrogen-bond acceptors (Lipinski definition) is 6. The fourth-order valence-corrected chi connectivity index (χ4v) is 3.91. The molecule has 0 amide bonds. The summed E-state index contributed by atoms with van der Waals surface area (Å²) >= 11 is 1.67. The van der Waals surface area contributed by atoms with E-state index < -0.39 is 0 Å². The third kappa shape index (κ3) is 2.78. The number of benzene rings is 1. The topological polar surface area (TPSA) is 41.5 Å². The van der Waals surface area contributed by atoms with Gasteiger partial charge in [0.25, 0.3) is 0 Å². The van der Waals surface area contributed by atoms with Crippen LogP contribution in [0.25, 0.3) is 10.2 Å². The van der Waals surface area contributed by atoms with Gasteiger partial charge in [0.05, 0.1) is 17.7 Å².